The normalized spacial score (nSPS) is 24.2. The van der Waals surface area contributed by atoms with Crippen LogP contribution in [0, 0.1) is 0 Å². The summed E-state index contributed by atoms with van der Waals surface area (Å²) in [7, 11) is 2.20. The van der Waals surface area contributed by atoms with Crippen molar-refractivity contribution in [2.45, 2.75) is 25.3 Å². The molecule has 0 unspecified atom stereocenters. The molecule has 2 aliphatic rings. The molecule has 17 heavy (non-hydrogen) atoms. The Morgan fingerprint density at radius 2 is 1.82 bits per heavy atom. The highest BCUT2D eigenvalue weighted by Crippen LogP contribution is 2.24. The third-order valence-electron chi connectivity index (χ3n) is 4.28. The highest BCUT2D eigenvalue weighted by atomic mass is 16.3. The summed E-state index contributed by atoms with van der Waals surface area (Å²) in [5, 5.41) is 9.11. The molecule has 100 valence electrons. The van der Waals surface area contributed by atoms with E-state index in [1.54, 1.807) is 0 Å². The molecule has 2 fully saturated rings. The van der Waals surface area contributed by atoms with Crippen molar-refractivity contribution in [2.75, 3.05) is 59.5 Å². The highest BCUT2D eigenvalue weighted by molar-refractivity contribution is 4.81. The first-order chi connectivity index (χ1) is 8.29. The number of aliphatic hydroxyl groups excluding tert-OH is 1. The summed E-state index contributed by atoms with van der Waals surface area (Å²) in [6.07, 6.45) is 4.05. The van der Waals surface area contributed by atoms with Gasteiger partial charge in [0.2, 0.25) is 0 Å². The molecule has 4 heteroatoms. The zero-order chi connectivity index (χ0) is 12.1. The van der Waals surface area contributed by atoms with Crippen LogP contribution in [0.4, 0.5) is 0 Å². The van der Waals surface area contributed by atoms with Crippen molar-refractivity contribution < 1.29 is 5.11 Å². The van der Waals surface area contributed by atoms with Crippen molar-refractivity contribution >= 4 is 0 Å². The molecule has 0 bridgehead atoms. The minimum Gasteiger partial charge on any atom is -0.395 e. The predicted molar refractivity (Wildman–Crippen MR) is 70.2 cm³/mol. The molecule has 0 amide bonds. The Morgan fingerprint density at radius 3 is 2.35 bits per heavy atom. The van der Waals surface area contributed by atoms with E-state index in [4.69, 9.17) is 5.11 Å². The third kappa shape index (κ3) is 3.91. The smallest absolute Gasteiger partial charge is 0.0558 e. The number of hydrogen-bond acceptors (Lipinski definition) is 4. The lowest BCUT2D eigenvalue weighted by Crippen LogP contribution is -2.49. The fourth-order valence-electron chi connectivity index (χ4n) is 2.70. The lowest BCUT2D eigenvalue weighted by atomic mass is 9.91. The first-order valence-corrected chi connectivity index (χ1v) is 7.05. The highest BCUT2D eigenvalue weighted by Gasteiger charge is 2.24. The number of aliphatic hydroxyl groups is 1. The number of nitrogens with zero attached hydrogens (tertiary/aromatic N) is 3. The van der Waals surface area contributed by atoms with Crippen LogP contribution in [-0.2, 0) is 0 Å². The summed E-state index contributed by atoms with van der Waals surface area (Å²) in [6, 6.07) is 0.759. The van der Waals surface area contributed by atoms with Crippen LogP contribution in [0.1, 0.15) is 19.3 Å². The van der Waals surface area contributed by atoms with E-state index in [2.05, 4.69) is 21.7 Å². The van der Waals surface area contributed by atoms with Crippen LogP contribution in [-0.4, -0.2) is 85.3 Å². The molecule has 1 aliphatic heterocycles. The zero-order valence-electron chi connectivity index (χ0n) is 11.1. The third-order valence-corrected chi connectivity index (χ3v) is 4.28. The van der Waals surface area contributed by atoms with Crippen molar-refractivity contribution in [3.63, 3.8) is 0 Å². The number of hydrogen-bond donors (Lipinski definition) is 1. The van der Waals surface area contributed by atoms with Gasteiger partial charge in [-0.1, -0.05) is 6.42 Å². The summed E-state index contributed by atoms with van der Waals surface area (Å²) in [5.74, 6) is 0. The molecule has 1 heterocycles. The van der Waals surface area contributed by atoms with Crippen LogP contribution < -0.4 is 0 Å². The summed E-state index contributed by atoms with van der Waals surface area (Å²) >= 11 is 0. The first kappa shape index (κ1) is 13.3. The van der Waals surface area contributed by atoms with Gasteiger partial charge in [-0.3, -0.25) is 9.80 Å². The quantitative estimate of drug-likeness (QED) is 0.713. The molecule has 2 rings (SSSR count). The molecule has 0 radical (unpaired) electrons. The Bertz CT molecular complexity index is 213. The number of rotatable bonds is 6. The summed E-state index contributed by atoms with van der Waals surface area (Å²) < 4.78 is 0. The van der Waals surface area contributed by atoms with E-state index >= 15 is 0 Å². The van der Waals surface area contributed by atoms with Crippen LogP contribution in [0.15, 0.2) is 0 Å². The minimum absolute atomic E-state index is 0.305. The predicted octanol–water partition coefficient (Wildman–Crippen LogP) is 0.0806. The molecule has 0 spiro atoms. The molecule has 0 atom stereocenters. The van der Waals surface area contributed by atoms with Crippen LogP contribution in [0.25, 0.3) is 0 Å². The van der Waals surface area contributed by atoms with Crippen molar-refractivity contribution in [1.29, 1.82) is 0 Å². The van der Waals surface area contributed by atoms with Gasteiger partial charge in [-0.05, 0) is 19.9 Å². The van der Waals surface area contributed by atoms with Crippen molar-refractivity contribution in [3.05, 3.63) is 0 Å². The first-order valence-electron chi connectivity index (χ1n) is 7.05. The Kier molecular flexibility index (Phi) is 5.22. The molecule has 1 aliphatic carbocycles. The van der Waals surface area contributed by atoms with Gasteiger partial charge < -0.3 is 10.0 Å². The fourth-order valence-corrected chi connectivity index (χ4v) is 2.70. The standard InChI is InChI=1S/C13H27N3O/c1-14-5-7-15(8-6-14)9-10-16(11-12-17)13-3-2-4-13/h13,17H,2-12H2,1H3. The van der Waals surface area contributed by atoms with Gasteiger partial charge in [0, 0.05) is 51.9 Å². The minimum atomic E-state index is 0.305. The van der Waals surface area contributed by atoms with Crippen molar-refractivity contribution in [2.24, 2.45) is 0 Å². The Hall–Kier alpha value is -0.160. The molecule has 1 saturated carbocycles. The average molecular weight is 241 g/mol. The topological polar surface area (TPSA) is 30.0 Å². The fraction of sp³-hybridized carbons (Fsp3) is 1.00. The molecular formula is C13H27N3O. The molecule has 4 nitrogen and oxygen atoms in total. The van der Waals surface area contributed by atoms with E-state index < -0.39 is 0 Å². The Balaban J connectivity index is 1.67. The molecular weight excluding hydrogens is 214 g/mol. The second-order valence-electron chi connectivity index (χ2n) is 5.49. The van der Waals surface area contributed by atoms with Crippen LogP contribution >= 0.6 is 0 Å². The SMILES string of the molecule is CN1CCN(CCN(CCO)C2CCC2)CC1. The maximum absolute atomic E-state index is 9.11. The van der Waals surface area contributed by atoms with Gasteiger partial charge in [-0.25, -0.2) is 0 Å². The van der Waals surface area contributed by atoms with E-state index in [0.29, 0.717) is 6.61 Å². The van der Waals surface area contributed by atoms with Gasteiger partial charge in [0.1, 0.15) is 0 Å². The number of piperazine rings is 1. The van der Waals surface area contributed by atoms with Gasteiger partial charge in [-0.15, -0.1) is 0 Å². The zero-order valence-corrected chi connectivity index (χ0v) is 11.1. The van der Waals surface area contributed by atoms with Crippen LogP contribution in [0.5, 0.6) is 0 Å². The van der Waals surface area contributed by atoms with Gasteiger partial charge in [-0.2, -0.15) is 0 Å². The summed E-state index contributed by atoms with van der Waals surface area (Å²) in [5.41, 5.74) is 0. The monoisotopic (exact) mass is 241 g/mol. The maximum Gasteiger partial charge on any atom is 0.0558 e. The van der Waals surface area contributed by atoms with Gasteiger partial charge in [0.05, 0.1) is 6.61 Å². The van der Waals surface area contributed by atoms with Crippen molar-refractivity contribution in [3.8, 4) is 0 Å². The molecule has 0 aromatic rings. The molecule has 1 N–H and O–H groups in total. The van der Waals surface area contributed by atoms with Gasteiger partial charge >= 0.3 is 0 Å². The van der Waals surface area contributed by atoms with E-state index in [1.165, 1.54) is 52.0 Å². The Morgan fingerprint density at radius 1 is 1.12 bits per heavy atom. The lowest BCUT2D eigenvalue weighted by Gasteiger charge is -2.39. The van der Waals surface area contributed by atoms with Gasteiger partial charge in [0.15, 0.2) is 0 Å². The van der Waals surface area contributed by atoms with Gasteiger partial charge in [0.25, 0.3) is 0 Å². The van der Waals surface area contributed by atoms with E-state index in [-0.39, 0.29) is 0 Å². The summed E-state index contributed by atoms with van der Waals surface area (Å²) in [6.45, 7) is 8.27. The van der Waals surface area contributed by atoms with E-state index in [9.17, 15) is 0 Å². The molecule has 0 aromatic carbocycles. The largest absolute Gasteiger partial charge is 0.395 e. The maximum atomic E-state index is 9.11. The number of likely N-dealkylation sites (N-methyl/N-ethyl adjacent to an activating group) is 1. The second kappa shape index (κ2) is 6.69. The van der Waals surface area contributed by atoms with E-state index in [1.807, 2.05) is 0 Å². The lowest BCUT2D eigenvalue weighted by molar-refractivity contribution is 0.0769. The average Bonchev–Trinajstić information content (AvgIpc) is 2.26. The molecule has 0 aromatic heterocycles. The Labute approximate surface area is 105 Å². The van der Waals surface area contributed by atoms with Crippen LogP contribution in [0.3, 0.4) is 0 Å². The molecule has 1 saturated heterocycles. The second-order valence-corrected chi connectivity index (χ2v) is 5.49. The van der Waals surface area contributed by atoms with Crippen LogP contribution in [0.2, 0.25) is 0 Å². The summed E-state index contributed by atoms with van der Waals surface area (Å²) in [4.78, 5) is 7.44. The van der Waals surface area contributed by atoms with Crippen molar-refractivity contribution in [1.82, 2.24) is 14.7 Å². The van der Waals surface area contributed by atoms with E-state index in [0.717, 1.165) is 19.1 Å².